The number of hydrogen-bond acceptors (Lipinski definition) is 8. The zero-order valence-corrected chi connectivity index (χ0v) is 31.2. The topological polar surface area (TPSA) is 113 Å². The van der Waals surface area contributed by atoms with E-state index in [4.69, 9.17) is 38.4 Å². The molecule has 2 N–H and O–H groups in total. The molecule has 254 valence electrons. The van der Waals surface area contributed by atoms with Crippen molar-refractivity contribution in [2.75, 3.05) is 42.7 Å². The Labute approximate surface area is 305 Å². The lowest BCUT2D eigenvalue weighted by Crippen LogP contribution is -1.96. The van der Waals surface area contributed by atoms with Gasteiger partial charge >= 0.3 is 0 Å². The fourth-order valence-electron chi connectivity index (χ4n) is 6.19. The molecular weight excluding hydrogens is 768 g/mol. The van der Waals surface area contributed by atoms with E-state index in [0.29, 0.717) is 34.5 Å². The maximum atomic E-state index is 5.71. The fourth-order valence-corrected chi connectivity index (χ4v) is 7.10. The van der Waals surface area contributed by atoms with Gasteiger partial charge in [0, 0.05) is 22.2 Å². The van der Waals surface area contributed by atoms with Gasteiger partial charge in [0.2, 0.25) is 11.5 Å². The monoisotopic (exact) mass is 798 g/mol. The number of nitrogens with zero attached hydrogens (tertiary/aromatic N) is 2. The molecule has 12 heteroatoms. The van der Waals surface area contributed by atoms with Crippen molar-refractivity contribution in [1.29, 1.82) is 0 Å². The molecule has 2 aliphatic heterocycles. The lowest BCUT2D eigenvalue weighted by molar-refractivity contribution is 0.324. The van der Waals surface area contributed by atoms with E-state index >= 15 is 0 Å². The SMILES string of the molecule is COc1cc(-c2c3nc(c(Br)c4ccc([nH]4)c(-c4cc(OC)c(OC)c(OC)c4)c4nc(c(Br)c5ccc2[nH]5)C=C4)C=C3)cc(OC)c1OC. The number of nitrogens with one attached hydrogen (secondary N) is 2. The second-order valence-corrected chi connectivity index (χ2v) is 12.8. The minimum Gasteiger partial charge on any atom is -0.493 e. The highest BCUT2D eigenvalue weighted by Gasteiger charge is 2.21. The van der Waals surface area contributed by atoms with Gasteiger partial charge in [-0.15, -0.1) is 0 Å². The van der Waals surface area contributed by atoms with Crippen LogP contribution in [0.2, 0.25) is 0 Å². The van der Waals surface area contributed by atoms with Gasteiger partial charge in [0.25, 0.3) is 0 Å². The van der Waals surface area contributed by atoms with Gasteiger partial charge in [-0.3, -0.25) is 0 Å². The number of benzene rings is 2. The first-order chi connectivity index (χ1) is 24.3. The molecule has 8 bridgehead atoms. The van der Waals surface area contributed by atoms with Crippen LogP contribution in [0, 0.1) is 0 Å². The van der Waals surface area contributed by atoms with Gasteiger partial charge in [0.15, 0.2) is 23.0 Å². The van der Waals surface area contributed by atoms with Crippen LogP contribution < -0.4 is 28.4 Å². The molecule has 0 atom stereocenters. The number of ether oxygens (including phenoxy) is 6. The van der Waals surface area contributed by atoms with Crippen LogP contribution in [0.4, 0.5) is 0 Å². The molecule has 0 radical (unpaired) electrons. The van der Waals surface area contributed by atoms with Crippen molar-refractivity contribution in [2.24, 2.45) is 0 Å². The number of aromatic nitrogens is 4. The van der Waals surface area contributed by atoms with Gasteiger partial charge in [-0.1, -0.05) is 0 Å². The molecule has 2 aromatic carbocycles. The Morgan fingerprint density at radius 3 is 1.08 bits per heavy atom. The highest BCUT2D eigenvalue weighted by molar-refractivity contribution is 9.11. The number of methoxy groups -OCH3 is 6. The standard InChI is InChI=1S/C38H32Br2N4O6/c1-45-29-15-19(16-30(46-2)37(29)49-5)33-21-7-11-25(41-21)35(39)27-13-9-23(43-27)34(20-17-31(47-3)38(50-6)32(18-20)48-4)24-10-14-28(44-24)36(40)26-12-8-22(33)42-26/h7-18,41,44H,1-6H3. The molecule has 10 nitrogen and oxygen atoms in total. The third-order valence-corrected chi connectivity index (χ3v) is 10.2. The highest BCUT2D eigenvalue weighted by atomic mass is 79.9. The molecule has 3 aromatic heterocycles. The summed E-state index contributed by atoms with van der Waals surface area (Å²) in [5.41, 5.74) is 9.64. The Hall–Kier alpha value is -5.20. The molecule has 2 aliphatic rings. The number of hydrogen-bond donors (Lipinski definition) is 2. The van der Waals surface area contributed by atoms with Gasteiger partial charge < -0.3 is 38.4 Å². The summed E-state index contributed by atoms with van der Waals surface area (Å²) in [5, 5.41) is 0. The van der Waals surface area contributed by atoms with Crippen molar-refractivity contribution in [3.05, 3.63) is 80.3 Å². The van der Waals surface area contributed by atoms with E-state index < -0.39 is 0 Å². The lowest BCUT2D eigenvalue weighted by atomic mass is 10.0. The fraction of sp³-hybridized carbons (Fsp3) is 0.158. The largest absolute Gasteiger partial charge is 0.493 e. The van der Waals surface area contributed by atoms with Crippen LogP contribution in [0.1, 0.15) is 22.8 Å². The van der Waals surface area contributed by atoms with E-state index in [1.54, 1.807) is 42.7 Å². The smallest absolute Gasteiger partial charge is 0.203 e. The first-order valence-electron chi connectivity index (χ1n) is 15.4. The average Bonchev–Trinajstić information content (AvgIpc) is 3.98. The number of rotatable bonds is 8. The predicted molar refractivity (Wildman–Crippen MR) is 204 cm³/mol. The minimum atomic E-state index is 0.506. The van der Waals surface area contributed by atoms with E-state index in [1.807, 2.05) is 72.8 Å². The molecular formula is C38H32Br2N4O6. The van der Waals surface area contributed by atoms with E-state index in [-0.39, 0.29) is 0 Å². The van der Waals surface area contributed by atoms with Gasteiger partial charge in [0.05, 0.1) is 85.4 Å². The molecule has 50 heavy (non-hydrogen) atoms. The molecule has 0 saturated carbocycles. The van der Waals surface area contributed by atoms with Crippen molar-refractivity contribution in [2.45, 2.75) is 0 Å². The van der Waals surface area contributed by atoms with Crippen molar-refractivity contribution < 1.29 is 28.4 Å². The molecule has 0 saturated heterocycles. The quantitative estimate of drug-likeness (QED) is 0.156. The van der Waals surface area contributed by atoms with Crippen LogP contribution in [0.25, 0.3) is 68.6 Å². The van der Waals surface area contributed by atoms with E-state index in [2.05, 4.69) is 41.8 Å². The first kappa shape index (κ1) is 33.3. The average molecular weight is 801 g/mol. The normalized spacial score (nSPS) is 11.8. The Morgan fingerprint density at radius 1 is 0.440 bits per heavy atom. The van der Waals surface area contributed by atoms with Gasteiger partial charge in [-0.25, -0.2) is 9.97 Å². The third-order valence-electron chi connectivity index (χ3n) is 8.53. The van der Waals surface area contributed by atoms with Crippen molar-refractivity contribution in [3.8, 4) is 56.8 Å². The zero-order valence-electron chi connectivity index (χ0n) is 28.0. The number of fused-ring (bicyclic) bond motifs is 8. The Bertz CT molecular complexity index is 2180. The molecule has 0 aliphatic carbocycles. The third kappa shape index (κ3) is 5.67. The van der Waals surface area contributed by atoms with E-state index in [1.165, 1.54) is 0 Å². The predicted octanol–water partition coefficient (Wildman–Crippen LogP) is 9.57. The van der Waals surface area contributed by atoms with E-state index in [0.717, 1.165) is 76.0 Å². The summed E-state index contributed by atoms with van der Waals surface area (Å²) in [6.45, 7) is 0. The van der Waals surface area contributed by atoms with Crippen molar-refractivity contribution >= 4 is 78.2 Å². The zero-order chi connectivity index (χ0) is 35.1. The van der Waals surface area contributed by atoms with Crippen LogP contribution in [0.5, 0.6) is 34.5 Å². The summed E-state index contributed by atoms with van der Waals surface area (Å²) in [4.78, 5) is 17.4. The summed E-state index contributed by atoms with van der Waals surface area (Å²) in [7, 11) is 9.58. The van der Waals surface area contributed by atoms with Gasteiger partial charge in [0.1, 0.15) is 0 Å². The number of halogens is 2. The Balaban J connectivity index is 1.58. The molecule has 0 spiro atoms. The summed E-state index contributed by atoms with van der Waals surface area (Å²) in [5.74, 6) is 3.15. The van der Waals surface area contributed by atoms with Crippen LogP contribution >= 0.6 is 31.9 Å². The Kier molecular flexibility index (Phi) is 9.06. The van der Waals surface area contributed by atoms with Crippen molar-refractivity contribution in [1.82, 2.24) is 19.9 Å². The van der Waals surface area contributed by atoms with Crippen molar-refractivity contribution in [3.63, 3.8) is 0 Å². The molecule has 0 amide bonds. The first-order valence-corrected chi connectivity index (χ1v) is 17.0. The number of H-pyrrole nitrogens is 2. The molecule has 7 rings (SSSR count). The number of aromatic amines is 2. The van der Waals surface area contributed by atoms with Crippen LogP contribution in [0.3, 0.4) is 0 Å². The maximum Gasteiger partial charge on any atom is 0.203 e. The van der Waals surface area contributed by atoms with Crippen LogP contribution in [0.15, 0.2) is 57.5 Å². The highest BCUT2D eigenvalue weighted by Crippen LogP contribution is 2.45. The van der Waals surface area contributed by atoms with Gasteiger partial charge in [-0.2, -0.15) is 0 Å². The second-order valence-electron chi connectivity index (χ2n) is 11.2. The molecule has 0 unspecified atom stereocenters. The lowest BCUT2D eigenvalue weighted by Gasteiger charge is -2.15. The van der Waals surface area contributed by atoms with E-state index in [9.17, 15) is 0 Å². The molecule has 5 heterocycles. The molecule has 5 aromatic rings. The minimum absolute atomic E-state index is 0.506. The summed E-state index contributed by atoms with van der Waals surface area (Å²) < 4.78 is 35.6. The van der Waals surface area contributed by atoms with Crippen LogP contribution in [-0.2, 0) is 0 Å². The molecule has 0 fully saturated rings. The summed E-state index contributed by atoms with van der Waals surface area (Å²) >= 11 is 7.69. The Morgan fingerprint density at radius 2 is 0.760 bits per heavy atom. The summed E-state index contributed by atoms with van der Waals surface area (Å²) in [6.07, 6.45) is 7.95. The summed E-state index contributed by atoms with van der Waals surface area (Å²) in [6, 6.07) is 15.7. The second kappa shape index (κ2) is 13.6. The maximum absolute atomic E-state index is 5.71. The van der Waals surface area contributed by atoms with Crippen LogP contribution in [-0.4, -0.2) is 62.6 Å². The van der Waals surface area contributed by atoms with Gasteiger partial charge in [-0.05, 0) is 116 Å².